The molecule has 3 rings (SSSR count). The van der Waals surface area contributed by atoms with Gasteiger partial charge in [0, 0.05) is 31.8 Å². The largest absolute Gasteiger partial charge is 0.341 e. The Hall–Kier alpha value is -2.85. The molecule has 1 N–H and O–H groups in total. The van der Waals surface area contributed by atoms with Crippen LogP contribution >= 0.6 is 0 Å². The second-order valence-electron chi connectivity index (χ2n) is 6.64. The molecule has 28 heavy (non-hydrogen) atoms. The third-order valence-corrected chi connectivity index (χ3v) is 6.05. The molecule has 0 saturated heterocycles. The third-order valence-electron chi connectivity index (χ3n) is 4.55. The number of rotatable bonds is 7. The quantitative estimate of drug-likeness (QED) is 0.559. The van der Waals surface area contributed by atoms with Gasteiger partial charge >= 0.3 is 0 Å². The molecule has 0 spiro atoms. The van der Waals surface area contributed by atoms with Gasteiger partial charge in [-0.1, -0.05) is 12.1 Å². The van der Waals surface area contributed by atoms with E-state index in [1.807, 2.05) is 0 Å². The van der Waals surface area contributed by atoms with Crippen molar-refractivity contribution in [2.24, 2.45) is 5.92 Å². The van der Waals surface area contributed by atoms with Gasteiger partial charge in [0.05, 0.1) is 15.4 Å². The lowest BCUT2D eigenvalue weighted by atomic mass is 10.2. The fraction of sp³-hybridized carbons (Fsp3) is 0.278. The Morgan fingerprint density at radius 3 is 2.50 bits per heavy atom. The van der Waals surface area contributed by atoms with Gasteiger partial charge in [-0.2, -0.15) is 0 Å². The van der Waals surface area contributed by atoms with Crippen LogP contribution < -0.4 is 4.72 Å². The molecule has 8 nitrogen and oxygen atoms in total. The summed E-state index contributed by atoms with van der Waals surface area (Å²) in [6.07, 6.45) is 0.543. The lowest BCUT2D eigenvalue weighted by molar-refractivity contribution is -0.384. The number of non-ortho nitro benzene ring substituents is 1. The summed E-state index contributed by atoms with van der Waals surface area (Å²) in [7, 11) is -2.29. The molecule has 1 amide bonds. The van der Waals surface area contributed by atoms with E-state index < -0.39 is 26.7 Å². The Kier molecular flexibility index (Phi) is 5.43. The number of hydrogen-bond donors (Lipinski definition) is 1. The van der Waals surface area contributed by atoms with E-state index in [0.29, 0.717) is 6.42 Å². The van der Waals surface area contributed by atoms with E-state index in [-0.39, 0.29) is 34.7 Å². The summed E-state index contributed by atoms with van der Waals surface area (Å²) < 4.78 is 41.0. The minimum Gasteiger partial charge on any atom is -0.341 e. The molecule has 0 aromatic heterocycles. The smallest absolute Gasteiger partial charge is 0.269 e. The van der Waals surface area contributed by atoms with Gasteiger partial charge in [0.1, 0.15) is 5.82 Å². The van der Waals surface area contributed by atoms with Crippen LogP contribution in [0.1, 0.15) is 16.8 Å². The highest BCUT2D eigenvalue weighted by Gasteiger charge is 2.41. The molecule has 2 atom stereocenters. The summed E-state index contributed by atoms with van der Waals surface area (Å²) in [6, 6.07) is 9.92. The molecule has 148 valence electrons. The average molecular weight is 407 g/mol. The van der Waals surface area contributed by atoms with Gasteiger partial charge in [-0.15, -0.1) is 0 Å². The van der Waals surface area contributed by atoms with Gasteiger partial charge < -0.3 is 4.90 Å². The Morgan fingerprint density at radius 2 is 1.89 bits per heavy atom. The molecule has 0 aliphatic heterocycles. The van der Waals surface area contributed by atoms with Crippen LogP contribution in [0.15, 0.2) is 53.4 Å². The zero-order valence-corrected chi connectivity index (χ0v) is 15.7. The van der Waals surface area contributed by atoms with E-state index in [0.717, 1.165) is 12.1 Å². The van der Waals surface area contributed by atoms with Gasteiger partial charge in [-0.3, -0.25) is 14.9 Å². The Bertz CT molecular complexity index is 1010. The van der Waals surface area contributed by atoms with E-state index >= 15 is 0 Å². The molecule has 1 aliphatic rings. The highest BCUT2D eigenvalue weighted by Crippen LogP contribution is 2.33. The number of sulfonamides is 1. The third kappa shape index (κ3) is 4.34. The standard InChI is InChI=1S/C18H18FN3O5S/c1-21(18(23)15-4-2-3-5-16(15)19)11-12-10-17(12)20-28(26,27)14-8-6-13(7-9-14)22(24)25/h2-9,12,17,20H,10-11H2,1H3/t12-,17+/m0/s1. The first-order valence-electron chi connectivity index (χ1n) is 8.46. The molecule has 0 unspecified atom stereocenters. The van der Waals surface area contributed by atoms with Crippen LogP contribution in [0.4, 0.5) is 10.1 Å². The van der Waals surface area contributed by atoms with Crippen LogP contribution in [0, 0.1) is 21.8 Å². The fourth-order valence-corrected chi connectivity index (χ4v) is 4.20. The van der Waals surface area contributed by atoms with E-state index in [2.05, 4.69) is 4.72 Å². The second-order valence-corrected chi connectivity index (χ2v) is 8.35. The summed E-state index contributed by atoms with van der Waals surface area (Å²) >= 11 is 0. The van der Waals surface area contributed by atoms with Crippen molar-refractivity contribution in [2.45, 2.75) is 17.4 Å². The van der Waals surface area contributed by atoms with Gasteiger partial charge in [0.2, 0.25) is 10.0 Å². The van der Waals surface area contributed by atoms with Crippen LogP contribution in [0.25, 0.3) is 0 Å². The summed E-state index contributed by atoms with van der Waals surface area (Å²) in [4.78, 5) is 23.7. The van der Waals surface area contributed by atoms with Gasteiger partial charge in [-0.05, 0) is 36.6 Å². The van der Waals surface area contributed by atoms with Crippen LogP contribution in [0.5, 0.6) is 0 Å². The molecule has 0 bridgehead atoms. The molecule has 2 aromatic carbocycles. The van der Waals surface area contributed by atoms with Crippen LogP contribution in [0.3, 0.4) is 0 Å². The predicted octanol–water partition coefficient (Wildman–Crippen LogP) is 2.17. The Labute approximate surface area is 161 Å². The van der Waals surface area contributed by atoms with Crippen LogP contribution in [-0.4, -0.2) is 43.8 Å². The molecule has 2 aromatic rings. The second kappa shape index (κ2) is 7.64. The Balaban J connectivity index is 1.58. The first-order chi connectivity index (χ1) is 13.2. The predicted molar refractivity (Wildman–Crippen MR) is 98.7 cm³/mol. The molecule has 10 heteroatoms. The number of benzene rings is 2. The Morgan fingerprint density at radius 1 is 1.25 bits per heavy atom. The number of halogens is 1. The molecular weight excluding hydrogens is 389 g/mol. The molecule has 1 aliphatic carbocycles. The first-order valence-corrected chi connectivity index (χ1v) is 9.94. The number of carbonyl (C=O) groups excluding carboxylic acids is 1. The van der Waals surface area contributed by atoms with Crippen molar-refractivity contribution in [3.63, 3.8) is 0 Å². The summed E-state index contributed by atoms with van der Waals surface area (Å²) in [5, 5.41) is 10.7. The summed E-state index contributed by atoms with van der Waals surface area (Å²) in [5.74, 6) is -1.17. The number of nitro groups is 1. The fourth-order valence-electron chi connectivity index (χ4n) is 2.88. The number of nitrogens with one attached hydrogen (secondary N) is 1. The SMILES string of the molecule is CN(C[C@@H]1C[C@H]1NS(=O)(=O)c1ccc([N+](=O)[O-])cc1)C(=O)c1ccccc1F. The summed E-state index contributed by atoms with van der Waals surface area (Å²) in [6.45, 7) is 0.278. The highest BCUT2D eigenvalue weighted by atomic mass is 32.2. The molecule has 1 saturated carbocycles. The van der Waals surface area contributed by atoms with E-state index in [1.165, 1.54) is 42.3 Å². The normalized spacial score (nSPS) is 18.5. The maximum absolute atomic E-state index is 13.7. The van der Waals surface area contributed by atoms with E-state index in [4.69, 9.17) is 0 Å². The highest BCUT2D eigenvalue weighted by molar-refractivity contribution is 7.89. The van der Waals surface area contributed by atoms with Gasteiger partial charge in [0.15, 0.2) is 0 Å². The van der Waals surface area contributed by atoms with Crippen LogP contribution in [-0.2, 0) is 10.0 Å². The van der Waals surface area contributed by atoms with Crippen molar-refractivity contribution >= 4 is 21.6 Å². The number of hydrogen-bond acceptors (Lipinski definition) is 5. The number of carbonyl (C=O) groups is 1. The maximum Gasteiger partial charge on any atom is 0.269 e. The van der Waals surface area contributed by atoms with E-state index in [9.17, 15) is 27.7 Å². The number of nitro benzene ring substituents is 1. The van der Waals surface area contributed by atoms with Crippen molar-refractivity contribution in [3.8, 4) is 0 Å². The monoisotopic (exact) mass is 407 g/mol. The van der Waals surface area contributed by atoms with Gasteiger partial charge in [-0.25, -0.2) is 17.5 Å². The summed E-state index contributed by atoms with van der Waals surface area (Å²) in [5.41, 5.74) is -0.231. The molecule has 1 fully saturated rings. The first kappa shape index (κ1) is 19.9. The molecule has 0 heterocycles. The lowest BCUT2D eigenvalue weighted by Gasteiger charge is -2.17. The zero-order valence-electron chi connectivity index (χ0n) is 14.9. The number of amides is 1. The van der Waals surface area contributed by atoms with Crippen molar-refractivity contribution in [1.29, 1.82) is 0 Å². The average Bonchev–Trinajstić information content (AvgIpc) is 3.37. The molecular formula is C18H18FN3O5S. The van der Waals surface area contributed by atoms with E-state index in [1.54, 1.807) is 6.07 Å². The maximum atomic E-state index is 13.7. The van der Waals surface area contributed by atoms with Crippen molar-refractivity contribution in [3.05, 3.63) is 70.0 Å². The van der Waals surface area contributed by atoms with Gasteiger partial charge in [0.25, 0.3) is 11.6 Å². The van der Waals surface area contributed by atoms with Crippen molar-refractivity contribution < 1.29 is 22.5 Å². The minimum atomic E-state index is -3.82. The number of nitrogens with zero attached hydrogens (tertiary/aromatic N) is 2. The van der Waals surface area contributed by atoms with Crippen molar-refractivity contribution in [1.82, 2.24) is 9.62 Å². The minimum absolute atomic E-state index is 0.0336. The zero-order chi connectivity index (χ0) is 20.5. The lowest BCUT2D eigenvalue weighted by Crippen LogP contribution is -2.33. The topological polar surface area (TPSA) is 110 Å². The van der Waals surface area contributed by atoms with Crippen molar-refractivity contribution in [2.75, 3.05) is 13.6 Å². The molecule has 0 radical (unpaired) electrons. The van der Waals surface area contributed by atoms with Crippen LogP contribution in [0.2, 0.25) is 0 Å².